The van der Waals surface area contributed by atoms with Gasteiger partial charge in [-0.1, -0.05) is 48.5 Å². The monoisotopic (exact) mass is 412 g/mol. The lowest BCUT2D eigenvalue weighted by atomic mass is 9.95. The molecule has 0 aliphatic heterocycles. The second-order valence-electron chi connectivity index (χ2n) is 8.44. The third-order valence-electron chi connectivity index (χ3n) is 6.11. The average molecular weight is 412 g/mol. The first-order valence-electron chi connectivity index (χ1n) is 10.7. The number of hydrogen-bond acceptors (Lipinski definition) is 3. The van der Waals surface area contributed by atoms with E-state index in [1.54, 1.807) is 0 Å². The minimum absolute atomic E-state index is 0.0114. The Bertz CT molecular complexity index is 1590. The molecule has 32 heavy (non-hydrogen) atoms. The van der Waals surface area contributed by atoms with Crippen LogP contribution in [0.3, 0.4) is 0 Å². The summed E-state index contributed by atoms with van der Waals surface area (Å²) in [6.07, 6.45) is 0. The van der Waals surface area contributed by atoms with Crippen molar-refractivity contribution in [3.8, 4) is 0 Å². The molecule has 0 unspecified atom stereocenters. The van der Waals surface area contributed by atoms with Crippen molar-refractivity contribution in [2.24, 2.45) is 0 Å². The Morgan fingerprint density at radius 1 is 0.562 bits per heavy atom. The lowest BCUT2D eigenvalue weighted by molar-refractivity contribution is 0.104. The predicted molar refractivity (Wildman–Crippen MR) is 131 cm³/mol. The molecule has 0 spiro atoms. The summed E-state index contributed by atoms with van der Waals surface area (Å²) in [6.45, 7) is 4.12. The molecule has 0 saturated carbocycles. The van der Waals surface area contributed by atoms with Crippen molar-refractivity contribution in [2.75, 3.05) is 0 Å². The van der Waals surface area contributed by atoms with E-state index in [0.717, 1.165) is 43.6 Å². The zero-order chi connectivity index (χ0) is 21.8. The third-order valence-corrected chi connectivity index (χ3v) is 6.11. The first-order valence-corrected chi connectivity index (χ1v) is 10.7. The van der Waals surface area contributed by atoms with Gasteiger partial charge in [-0.25, -0.2) is 9.97 Å². The van der Waals surface area contributed by atoms with Crippen molar-refractivity contribution in [3.05, 3.63) is 107 Å². The van der Waals surface area contributed by atoms with E-state index in [4.69, 9.17) is 9.97 Å². The Morgan fingerprint density at radius 3 is 1.50 bits per heavy atom. The van der Waals surface area contributed by atoms with Gasteiger partial charge in [-0.3, -0.25) is 4.79 Å². The minimum Gasteiger partial charge on any atom is -0.289 e. The summed E-state index contributed by atoms with van der Waals surface area (Å²) in [4.78, 5) is 23.4. The molecule has 0 amide bonds. The van der Waals surface area contributed by atoms with Crippen LogP contribution in [-0.4, -0.2) is 15.8 Å². The highest BCUT2D eigenvalue weighted by atomic mass is 16.1. The third kappa shape index (κ3) is 2.94. The van der Waals surface area contributed by atoms with Gasteiger partial charge in [-0.05, 0) is 61.4 Å². The lowest BCUT2D eigenvalue weighted by Crippen LogP contribution is -2.04. The van der Waals surface area contributed by atoms with E-state index in [2.05, 4.69) is 62.4 Å². The average Bonchev–Trinajstić information content (AvgIpc) is 2.80. The molecular weight excluding hydrogens is 392 g/mol. The molecule has 0 radical (unpaired) electrons. The summed E-state index contributed by atoms with van der Waals surface area (Å²) in [7, 11) is 0. The van der Waals surface area contributed by atoms with Crippen LogP contribution in [0, 0.1) is 13.8 Å². The number of carbonyl (C=O) groups is 1. The van der Waals surface area contributed by atoms with Crippen LogP contribution in [0.25, 0.3) is 43.6 Å². The minimum atomic E-state index is -0.0114. The predicted octanol–water partition coefficient (Wildman–Crippen LogP) is 6.94. The summed E-state index contributed by atoms with van der Waals surface area (Å²) in [5, 5.41) is 3.80. The van der Waals surface area contributed by atoms with Gasteiger partial charge in [0.1, 0.15) is 0 Å². The Kier molecular flexibility index (Phi) is 4.05. The highest BCUT2D eigenvalue weighted by Crippen LogP contribution is 2.29. The van der Waals surface area contributed by atoms with E-state index in [0.29, 0.717) is 11.1 Å². The molecule has 0 atom stereocenters. The van der Waals surface area contributed by atoms with Crippen molar-refractivity contribution < 1.29 is 4.79 Å². The number of hydrogen-bond donors (Lipinski definition) is 0. The molecular formula is C29H20N2O. The lowest BCUT2D eigenvalue weighted by Gasteiger charge is -2.10. The van der Waals surface area contributed by atoms with E-state index in [9.17, 15) is 4.79 Å². The molecule has 0 N–H and O–H groups in total. The quantitative estimate of drug-likeness (QED) is 0.229. The number of pyridine rings is 2. The first-order chi connectivity index (χ1) is 15.6. The van der Waals surface area contributed by atoms with Crippen molar-refractivity contribution >= 4 is 49.4 Å². The summed E-state index contributed by atoms with van der Waals surface area (Å²) >= 11 is 0. The van der Waals surface area contributed by atoms with E-state index >= 15 is 0 Å². The van der Waals surface area contributed by atoms with Gasteiger partial charge in [0.15, 0.2) is 5.78 Å². The second kappa shape index (κ2) is 6.96. The molecule has 4 aromatic carbocycles. The van der Waals surface area contributed by atoms with Gasteiger partial charge in [0.2, 0.25) is 0 Å². The number of ketones is 1. The molecule has 0 aliphatic rings. The maximum Gasteiger partial charge on any atom is 0.194 e. The normalized spacial score (nSPS) is 11.6. The number of aryl methyl sites for hydroxylation is 2. The topological polar surface area (TPSA) is 42.9 Å². The Balaban J connectivity index is 1.58. The zero-order valence-corrected chi connectivity index (χ0v) is 17.9. The maximum atomic E-state index is 13.8. The van der Waals surface area contributed by atoms with Gasteiger partial charge in [0.25, 0.3) is 0 Å². The first kappa shape index (κ1) is 18.6. The van der Waals surface area contributed by atoms with Crippen LogP contribution in [-0.2, 0) is 0 Å². The fourth-order valence-electron chi connectivity index (χ4n) is 4.46. The van der Waals surface area contributed by atoms with Gasteiger partial charge in [0, 0.05) is 32.7 Å². The van der Waals surface area contributed by atoms with Crippen LogP contribution in [0.15, 0.2) is 84.9 Å². The molecule has 0 fully saturated rings. The van der Waals surface area contributed by atoms with Crippen LogP contribution in [0.2, 0.25) is 0 Å². The van der Waals surface area contributed by atoms with Crippen LogP contribution in [0.4, 0.5) is 0 Å². The van der Waals surface area contributed by atoms with Gasteiger partial charge in [0.05, 0.1) is 22.1 Å². The maximum absolute atomic E-state index is 13.8. The smallest absolute Gasteiger partial charge is 0.194 e. The summed E-state index contributed by atoms with van der Waals surface area (Å²) < 4.78 is 0. The molecule has 152 valence electrons. The van der Waals surface area contributed by atoms with E-state index in [1.165, 1.54) is 11.1 Å². The second-order valence-corrected chi connectivity index (χ2v) is 8.44. The van der Waals surface area contributed by atoms with Crippen molar-refractivity contribution in [1.29, 1.82) is 0 Å². The zero-order valence-electron chi connectivity index (χ0n) is 17.9. The molecule has 3 heteroatoms. The highest BCUT2D eigenvalue weighted by Gasteiger charge is 2.17. The number of nitrogens with zero attached hydrogens (tertiary/aromatic N) is 2. The van der Waals surface area contributed by atoms with Gasteiger partial charge < -0.3 is 0 Å². The highest BCUT2D eigenvalue weighted by molar-refractivity contribution is 6.22. The molecule has 2 aromatic heterocycles. The number of benzene rings is 4. The van der Waals surface area contributed by atoms with Crippen LogP contribution in [0.1, 0.15) is 27.0 Å². The Labute approximate surface area is 185 Å². The van der Waals surface area contributed by atoms with Crippen molar-refractivity contribution in [1.82, 2.24) is 9.97 Å². The van der Waals surface area contributed by atoms with Gasteiger partial charge >= 0.3 is 0 Å². The summed E-state index contributed by atoms with van der Waals surface area (Å²) in [5.41, 5.74) is 7.20. The molecule has 0 saturated heterocycles. The van der Waals surface area contributed by atoms with Crippen molar-refractivity contribution in [3.63, 3.8) is 0 Å². The van der Waals surface area contributed by atoms with E-state index in [1.807, 2.05) is 36.4 Å². The number of carbonyl (C=O) groups excluding carboxylic acids is 1. The molecule has 6 rings (SSSR count). The van der Waals surface area contributed by atoms with Crippen LogP contribution < -0.4 is 0 Å². The van der Waals surface area contributed by atoms with E-state index in [-0.39, 0.29) is 5.78 Å². The van der Waals surface area contributed by atoms with E-state index < -0.39 is 0 Å². The largest absolute Gasteiger partial charge is 0.289 e. The Hall–Kier alpha value is -4.11. The fourth-order valence-corrected chi connectivity index (χ4v) is 4.46. The van der Waals surface area contributed by atoms with Gasteiger partial charge in [-0.15, -0.1) is 0 Å². The Morgan fingerprint density at radius 2 is 1.03 bits per heavy atom. The molecule has 6 aromatic rings. The van der Waals surface area contributed by atoms with Crippen LogP contribution >= 0.6 is 0 Å². The number of aromatic nitrogens is 2. The van der Waals surface area contributed by atoms with Gasteiger partial charge in [-0.2, -0.15) is 0 Å². The standard InChI is InChI=1S/C29H20N2O/c1-17-9-11-19-15-23-21(5-3-7-25(23)30-27(19)13-17)29(32)22-6-4-8-26-24(22)16-20-12-10-18(2)14-28(20)31-26/h3-16H,1-2H3. The SMILES string of the molecule is Cc1ccc2cc3c(C(=O)c4cccc5nc6cc(C)ccc6cc45)cccc3nc2c1. The summed E-state index contributed by atoms with van der Waals surface area (Å²) in [5.74, 6) is -0.0114. The fraction of sp³-hybridized carbons (Fsp3) is 0.0690. The number of rotatable bonds is 2. The molecule has 0 bridgehead atoms. The molecule has 3 nitrogen and oxygen atoms in total. The number of fused-ring (bicyclic) bond motifs is 4. The van der Waals surface area contributed by atoms with Crippen LogP contribution in [0.5, 0.6) is 0 Å². The summed E-state index contributed by atoms with van der Waals surface area (Å²) in [6, 6.07) is 28.1. The molecule has 0 aliphatic carbocycles. The van der Waals surface area contributed by atoms with Crippen molar-refractivity contribution in [2.45, 2.75) is 13.8 Å². The molecule has 2 heterocycles.